The van der Waals surface area contributed by atoms with E-state index in [-0.39, 0.29) is 35.2 Å². The van der Waals surface area contributed by atoms with E-state index in [1.54, 1.807) is 24.3 Å². The van der Waals surface area contributed by atoms with Crippen molar-refractivity contribution in [3.63, 3.8) is 0 Å². The molecule has 2 atom stereocenters. The van der Waals surface area contributed by atoms with Gasteiger partial charge < -0.3 is 20.3 Å². The molecule has 0 spiro atoms. The Morgan fingerprint density at radius 1 is 1.37 bits per heavy atom. The minimum atomic E-state index is -1.58. The lowest BCUT2D eigenvalue weighted by Gasteiger charge is -2.19. The number of hydrogen-bond donors (Lipinski definition) is 3. The van der Waals surface area contributed by atoms with E-state index in [4.69, 9.17) is 16.3 Å². The van der Waals surface area contributed by atoms with Crippen LogP contribution in [-0.2, 0) is 11.3 Å². The molecule has 0 bridgehead atoms. The Kier molecular flexibility index (Phi) is 7.05. The second-order valence-corrected chi connectivity index (χ2v) is 6.04. The number of pyridine rings is 1. The number of benzene rings is 1. The first-order chi connectivity index (χ1) is 12.8. The lowest BCUT2D eigenvalue weighted by Crippen LogP contribution is -2.36. The average molecular weight is 396 g/mol. The van der Waals surface area contributed by atoms with Gasteiger partial charge in [-0.3, -0.25) is 10.1 Å². The van der Waals surface area contributed by atoms with Crippen LogP contribution in [0.15, 0.2) is 36.4 Å². The molecule has 3 N–H and O–H groups in total. The third-order valence-electron chi connectivity index (χ3n) is 3.72. The molecule has 9 nitrogen and oxygen atoms in total. The highest BCUT2D eigenvalue weighted by atomic mass is 35.5. The molecule has 2 unspecified atom stereocenters. The van der Waals surface area contributed by atoms with Crippen LogP contribution in [0.4, 0.5) is 10.5 Å². The second kappa shape index (κ2) is 9.26. The number of alkyl carbamates (subject to hydrolysis) is 1. The van der Waals surface area contributed by atoms with Crippen molar-refractivity contribution in [1.29, 1.82) is 0 Å². The Labute approximate surface area is 159 Å². The Morgan fingerprint density at radius 3 is 2.67 bits per heavy atom. The zero-order chi connectivity index (χ0) is 20.0. The van der Waals surface area contributed by atoms with Crippen molar-refractivity contribution in [2.24, 2.45) is 0 Å². The highest BCUT2D eigenvalue weighted by Crippen LogP contribution is 2.29. The fourth-order valence-electron chi connectivity index (χ4n) is 2.25. The average Bonchev–Trinajstić information content (AvgIpc) is 2.64. The first kappa shape index (κ1) is 20.6. The number of nitrogens with zero attached hydrogens (tertiary/aromatic N) is 2. The molecule has 2 aromatic rings. The van der Waals surface area contributed by atoms with E-state index >= 15 is 0 Å². The molecule has 0 saturated carbocycles. The van der Waals surface area contributed by atoms with Gasteiger partial charge in [-0.15, -0.1) is 0 Å². The van der Waals surface area contributed by atoms with Crippen molar-refractivity contribution in [2.45, 2.75) is 25.7 Å². The van der Waals surface area contributed by atoms with Gasteiger partial charge in [0.05, 0.1) is 4.92 Å². The fraction of sp³-hybridized carbons (Fsp3) is 0.294. The van der Waals surface area contributed by atoms with Crippen LogP contribution in [0.1, 0.15) is 22.9 Å². The molecule has 1 amide bonds. The van der Waals surface area contributed by atoms with Gasteiger partial charge in [0.2, 0.25) is 0 Å². The number of ether oxygens (including phenoxy) is 1. The quantitative estimate of drug-likeness (QED) is 0.371. The van der Waals surface area contributed by atoms with Crippen molar-refractivity contribution < 1.29 is 24.7 Å². The molecule has 144 valence electrons. The van der Waals surface area contributed by atoms with Crippen molar-refractivity contribution in [3.8, 4) is 0 Å². The van der Waals surface area contributed by atoms with Gasteiger partial charge in [0.25, 0.3) is 5.69 Å². The molecule has 1 heterocycles. The zero-order valence-electron chi connectivity index (χ0n) is 14.3. The molecule has 0 aliphatic carbocycles. The van der Waals surface area contributed by atoms with E-state index in [9.17, 15) is 25.1 Å². The van der Waals surface area contributed by atoms with Crippen LogP contribution in [0.25, 0.3) is 0 Å². The minimum Gasteiger partial charge on any atom is -0.445 e. The molecule has 1 aromatic carbocycles. The summed E-state index contributed by atoms with van der Waals surface area (Å²) in [5, 5.41) is 33.4. The van der Waals surface area contributed by atoms with Gasteiger partial charge >= 0.3 is 6.09 Å². The van der Waals surface area contributed by atoms with Gasteiger partial charge in [-0.25, -0.2) is 9.78 Å². The lowest BCUT2D eigenvalue weighted by atomic mass is 10.1. The van der Waals surface area contributed by atoms with Crippen LogP contribution in [0, 0.1) is 17.0 Å². The summed E-state index contributed by atoms with van der Waals surface area (Å²) in [5.41, 5.74) is 0.424. The maximum atomic E-state index is 11.7. The number of aryl methyl sites for hydroxylation is 1. The summed E-state index contributed by atoms with van der Waals surface area (Å²) < 4.78 is 4.98. The Bertz CT molecular complexity index is 818. The highest BCUT2D eigenvalue weighted by Gasteiger charge is 2.26. The normalized spacial score (nSPS) is 12.9. The summed E-state index contributed by atoms with van der Waals surface area (Å²) in [4.78, 5) is 25.8. The van der Waals surface area contributed by atoms with E-state index in [0.717, 1.165) is 11.6 Å². The number of rotatable bonds is 7. The van der Waals surface area contributed by atoms with Gasteiger partial charge in [-0.05, 0) is 12.5 Å². The molecule has 0 fully saturated rings. The fourth-order valence-corrected chi connectivity index (χ4v) is 2.55. The largest absolute Gasteiger partial charge is 0.445 e. The van der Waals surface area contributed by atoms with Crippen LogP contribution in [0.3, 0.4) is 0 Å². The molecule has 10 heteroatoms. The smallest absolute Gasteiger partial charge is 0.407 e. The third-order valence-corrected chi connectivity index (χ3v) is 4.02. The van der Waals surface area contributed by atoms with Crippen LogP contribution >= 0.6 is 11.6 Å². The zero-order valence-corrected chi connectivity index (χ0v) is 15.1. The minimum absolute atomic E-state index is 0.0469. The monoisotopic (exact) mass is 395 g/mol. The van der Waals surface area contributed by atoms with Gasteiger partial charge in [-0.1, -0.05) is 41.9 Å². The second-order valence-electron chi connectivity index (χ2n) is 5.68. The molecular formula is C17H18ClN3O6. The summed E-state index contributed by atoms with van der Waals surface area (Å²) in [5.74, 6) is 0. The van der Waals surface area contributed by atoms with Gasteiger partial charge in [-0.2, -0.15) is 0 Å². The van der Waals surface area contributed by atoms with Crippen molar-refractivity contribution >= 4 is 23.4 Å². The standard InChI is InChI=1S/C17H18ClN3O6/c1-10-13(21(25)26)7-12(16(18)20-10)15(23)14(22)8-19-17(24)27-9-11-5-3-2-4-6-11/h2-7,14-15,22-23H,8-9H2,1H3,(H,19,24). The van der Waals surface area contributed by atoms with E-state index in [1.165, 1.54) is 6.92 Å². The molecule has 0 aliphatic rings. The number of aromatic nitrogens is 1. The number of amides is 1. The number of hydrogen-bond acceptors (Lipinski definition) is 7. The number of aliphatic hydroxyl groups excluding tert-OH is 2. The number of carbonyl (C=O) groups is 1. The summed E-state index contributed by atoms with van der Waals surface area (Å²) in [6.45, 7) is 1.10. The van der Waals surface area contributed by atoms with Gasteiger partial charge in [0, 0.05) is 18.2 Å². The number of nitro groups is 1. The molecule has 0 aliphatic heterocycles. The Balaban J connectivity index is 1.93. The highest BCUT2D eigenvalue weighted by molar-refractivity contribution is 6.30. The van der Waals surface area contributed by atoms with Crippen LogP contribution in [0.2, 0.25) is 5.15 Å². The Morgan fingerprint density at radius 2 is 2.04 bits per heavy atom. The third kappa shape index (κ3) is 5.61. The molecule has 1 aromatic heterocycles. The van der Waals surface area contributed by atoms with Crippen LogP contribution < -0.4 is 5.32 Å². The number of aliphatic hydroxyl groups is 2. The molecular weight excluding hydrogens is 378 g/mol. The van der Waals surface area contributed by atoms with E-state index < -0.39 is 23.2 Å². The summed E-state index contributed by atoms with van der Waals surface area (Å²) in [7, 11) is 0. The summed E-state index contributed by atoms with van der Waals surface area (Å²) in [6, 6.07) is 10.0. The van der Waals surface area contributed by atoms with E-state index in [2.05, 4.69) is 10.3 Å². The molecule has 2 rings (SSSR count). The maximum Gasteiger partial charge on any atom is 0.407 e. The Hall–Kier alpha value is -2.75. The molecule has 0 radical (unpaired) electrons. The predicted octanol–water partition coefficient (Wildman–Crippen LogP) is 2.27. The van der Waals surface area contributed by atoms with Crippen molar-refractivity contribution in [2.75, 3.05) is 6.54 Å². The first-order valence-electron chi connectivity index (χ1n) is 7.91. The predicted molar refractivity (Wildman–Crippen MR) is 96.2 cm³/mol. The van der Waals surface area contributed by atoms with Gasteiger partial charge in [0.15, 0.2) is 0 Å². The lowest BCUT2D eigenvalue weighted by molar-refractivity contribution is -0.385. The van der Waals surface area contributed by atoms with E-state index in [0.29, 0.717) is 0 Å². The number of nitrogens with one attached hydrogen (secondary N) is 1. The number of carbonyl (C=O) groups excluding carboxylic acids is 1. The van der Waals surface area contributed by atoms with Crippen molar-refractivity contribution in [3.05, 3.63) is 68.5 Å². The SMILES string of the molecule is Cc1nc(Cl)c(C(O)C(O)CNC(=O)OCc2ccccc2)cc1[N+](=O)[O-]. The van der Waals surface area contributed by atoms with Crippen molar-refractivity contribution in [1.82, 2.24) is 10.3 Å². The van der Waals surface area contributed by atoms with Gasteiger partial charge in [0.1, 0.15) is 29.7 Å². The topological polar surface area (TPSA) is 135 Å². The molecule has 0 saturated heterocycles. The summed E-state index contributed by atoms with van der Waals surface area (Å²) >= 11 is 5.91. The maximum absolute atomic E-state index is 11.7. The molecule has 27 heavy (non-hydrogen) atoms. The van der Waals surface area contributed by atoms with Crippen LogP contribution in [-0.4, -0.2) is 38.9 Å². The van der Waals surface area contributed by atoms with Crippen LogP contribution in [0.5, 0.6) is 0 Å². The van der Waals surface area contributed by atoms with E-state index in [1.807, 2.05) is 6.07 Å². The summed E-state index contributed by atoms with van der Waals surface area (Å²) in [6.07, 6.45) is -3.85. The first-order valence-corrected chi connectivity index (χ1v) is 8.29. The number of halogens is 1.